The molecule has 1 atom stereocenters. The van der Waals surface area contributed by atoms with E-state index in [2.05, 4.69) is 5.32 Å². The predicted molar refractivity (Wildman–Crippen MR) is 67.6 cm³/mol. The summed E-state index contributed by atoms with van der Waals surface area (Å²) in [6, 6.07) is 3.85. The number of rotatable bonds is 5. The Hall–Kier alpha value is -1.62. The molecular formula is C13H19FN2O2. The highest BCUT2D eigenvalue weighted by Crippen LogP contribution is 2.19. The summed E-state index contributed by atoms with van der Waals surface area (Å²) < 4.78 is 13.0. The molecule has 18 heavy (non-hydrogen) atoms. The molecular weight excluding hydrogens is 235 g/mol. The number of amides is 1. The van der Waals surface area contributed by atoms with Crippen LogP contribution in [-0.4, -0.2) is 36.6 Å². The van der Waals surface area contributed by atoms with Gasteiger partial charge in [-0.15, -0.1) is 0 Å². The van der Waals surface area contributed by atoms with Crippen LogP contribution in [0.25, 0.3) is 0 Å². The van der Waals surface area contributed by atoms with Gasteiger partial charge < -0.3 is 15.3 Å². The van der Waals surface area contributed by atoms with E-state index < -0.39 is 0 Å². The molecule has 5 heteroatoms. The Morgan fingerprint density at radius 1 is 1.56 bits per heavy atom. The maximum Gasteiger partial charge on any atom is 0.223 e. The SMILES string of the molecule is CNC(=O)C(C)CN(C)Cc1cc(F)ccc1O. The molecule has 1 aromatic rings. The molecule has 0 aliphatic heterocycles. The van der Waals surface area contributed by atoms with Crippen LogP contribution in [-0.2, 0) is 11.3 Å². The first-order chi connectivity index (χ1) is 8.43. The van der Waals surface area contributed by atoms with Crippen LogP contribution < -0.4 is 5.32 Å². The topological polar surface area (TPSA) is 52.6 Å². The van der Waals surface area contributed by atoms with Gasteiger partial charge in [0.15, 0.2) is 0 Å². The van der Waals surface area contributed by atoms with Gasteiger partial charge in [-0.2, -0.15) is 0 Å². The normalized spacial score (nSPS) is 12.5. The number of nitrogens with zero attached hydrogens (tertiary/aromatic N) is 1. The number of hydrogen-bond donors (Lipinski definition) is 2. The smallest absolute Gasteiger partial charge is 0.223 e. The number of aromatic hydroxyl groups is 1. The molecule has 1 rings (SSSR count). The maximum atomic E-state index is 13.0. The quantitative estimate of drug-likeness (QED) is 0.834. The standard InChI is InChI=1S/C13H19FN2O2/c1-9(13(18)15-2)7-16(3)8-10-6-11(14)4-5-12(10)17/h4-6,9,17H,7-8H2,1-3H3,(H,15,18). The van der Waals surface area contributed by atoms with Crippen LogP contribution in [0.4, 0.5) is 4.39 Å². The lowest BCUT2D eigenvalue weighted by molar-refractivity contribution is -0.124. The van der Waals surface area contributed by atoms with Gasteiger partial charge in [-0.1, -0.05) is 6.92 Å². The number of halogens is 1. The Bertz CT molecular complexity index is 423. The van der Waals surface area contributed by atoms with E-state index in [-0.39, 0.29) is 23.4 Å². The minimum absolute atomic E-state index is 0.0367. The summed E-state index contributed by atoms with van der Waals surface area (Å²) in [6.45, 7) is 2.75. The van der Waals surface area contributed by atoms with Crippen molar-refractivity contribution in [2.24, 2.45) is 5.92 Å². The predicted octanol–water partition coefficient (Wildman–Crippen LogP) is 1.35. The van der Waals surface area contributed by atoms with E-state index in [4.69, 9.17) is 0 Å². The van der Waals surface area contributed by atoms with Crippen LogP contribution in [0.3, 0.4) is 0 Å². The first-order valence-corrected chi connectivity index (χ1v) is 5.81. The molecule has 0 saturated heterocycles. The van der Waals surface area contributed by atoms with Gasteiger partial charge in [0.05, 0.1) is 0 Å². The third-order valence-corrected chi connectivity index (χ3v) is 2.76. The first kappa shape index (κ1) is 14.4. The van der Waals surface area contributed by atoms with Crippen molar-refractivity contribution in [3.8, 4) is 5.75 Å². The van der Waals surface area contributed by atoms with Gasteiger partial charge in [-0.3, -0.25) is 4.79 Å². The lowest BCUT2D eigenvalue weighted by Gasteiger charge is -2.20. The van der Waals surface area contributed by atoms with Crippen molar-refractivity contribution >= 4 is 5.91 Å². The van der Waals surface area contributed by atoms with Crippen LogP contribution in [0, 0.1) is 11.7 Å². The number of carbonyl (C=O) groups is 1. The Kier molecular flexibility index (Phi) is 5.09. The molecule has 0 heterocycles. The van der Waals surface area contributed by atoms with Crippen molar-refractivity contribution in [2.45, 2.75) is 13.5 Å². The Morgan fingerprint density at radius 3 is 2.83 bits per heavy atom. The lowest BCUT2D eigenvalue weighted by Crippen LogP contribution is -2.34. The zero-order valence-corrected chi connectivity index (χ0v) is 10.9. The molecule has 2 N–H and O–H groups in total. The summed E-state index contributed by atoms with van der Waals surface area (Å²) >= 11 is 0. The van der Waals surface area contributed by atoms with E-state index in [1.54, 1.807) is 7.05 Å². The minimum Gasteiger partial charge on any atom is -0.508 e. The Morgan fingerprint density at radius 2 is 2.22 bits per heavy atom. The highest BCUT2D eigenvalue weighted by molar-refractivity contribution is 5.78. The zero-order valence-electron chi connectivity index (χ0n) is 10.9. The fourth-order valence-electron chi connectivity index (χ4n) is 1.83. The fourth-order valence-corrected chi connectivity index (χ4v) is 1.83. The van der Waals surface area contributed by atoms with Gasteiger partial charge in [0.1, 0.15) is 11.6 Å². The van der Waals surface area contributed by atoms with Gasteiger partial charge in [-0.25, -0.2) is 4.39 Å². The molecule has 0 fully saturated rings. The number of phenolic OH excluding ortho intramolecular Hbond substituents is 1. The van der Waals surface area contributed by atoms with Crippen LogP contribution in [0.5, 0.6) is 5.75 Å². The summed E-state index contributed by atoms with van der Waals surface area (Å²) in [4.78, 5) is 13.2. The highest BCUT2D eigenvalue weighted by atomic mass is 19.1. The molecule has 0 spiro atoms. The average molecular weight is 254 g/mol. The second kappa shape index (κ2) is 6.35. The number of hydrogen-bond acceptors (Lipinski definition) is 3. The molecule has 0 radical (unpaired) electrons. The highest BCUT2D eigenvalue weighted by Gasteiger charge is 2.14. The van der Waals surface area contributed by atoms with Crippen molar-refractivity contribution in [3.63, 3.8) is 0 Å². The molecule has 0 bridgehead atoms. The molecule has 0 saturated carbocycles. The molecule has 0 aromatic heterocycles. The van der Waals surface area contributed by atoms with Gasteiger partial charge in [0, 0.05) is 31.6 Å². The Balaban J connectivity index is 2.61. The monoisotopic (exact) mass is 254 g/mol. The second-order valence-corrected chi connectivity index (χ2v) is 4.49. The van der Waals surface area contributed by atoms with Crippen LogP contribution in [0.1, 0.15) is 12.5 Å². The van der Waals surface area contributed by atoms with E-state index in [9.17, 15) is 14.3 Å². The minimum atomic E-state index is -0.379. The van der Waals surface area contributed by atoms with Gasteiger partial charge in [0.2, 0.25) is 5.91 Å². The van der Waals surface area contributed by atoms with Crippen molar-refractivity contribution in [1.82, 2.24) is 10.2 Å². The number of carbonyl (C=O) groups excluding carboxylic acids is 1. The number of phenols is 1. The van der Waals surface area contributed by atoms with E-state index >= 15 is 0 Å². The number of benzene rings is 1. The molecule has 100 valence electrons. The third kappa shape index (κ3) is 4.00. The van der Waals surface area contributed by atoms with Crippen molar-refractivity contribution < 1.29 is 14.3 Å². The number of nitrogens with one attached hydrogen (secondary N) is 1. The lowest BCUT2D eigenvalue weighted by atomic mass is 10.1. The van der Waals surface area contributed by atoms with Gasteiger partial charge in [0.25, 0.3) is 0 Å². The summed E-state index contributed by atoms with van der Waals surface area (Å²) in [5.74, 6) is -0.507. The van der Waals surface area contributed by atoms with E-state index in [1.165, 1.54) is 18.2 Å². The molecule has 1 aromatic carbocycles. The molecule has 1 unspecified atom stereocenters. The third-order valence-electron chi connectivity index (χ3n) is 2.76. The maximum absolute atomic E-state index is 13.0. The largest absolute Gasteiger partial charge is 0.508 e. The summed E-state index contributed by atoms with van der Waals surface area (Å²) in [5, 5.41) is 12.2. The van der Waals surface area contributed by atoms with Crippen molar-refractivity contribution in [2.75, 3.05) is 20.6 Å². The Labute approximate surface area is 106 Å². The summed E-state index contributed by atoms with van der Waals surface area (Å²) in [7, 11) is 3.42. The first-order valence-electron chi connectivity index (χ1n) is 5.81. The summed E-state index contributed by atoms with van der Waals surface area (Å²) in [6.07, 6.45) is 0. The van der Waals surface area contributed by atoms with Crippen LogP contribution >= 0.6 is 0 Å². The van der Waals surface area contributed by atoms with E-state index in [0.29, 0.717) is 18.7 Å². The van der Waals surface area contributed by atoms with E-state index in [0.717, 1.165) is 0 Å². The average Bonchev–Trinajstić information content (AvgIpc) is 2.32. The van der Waals surface area contributed by atoms with Crippen molar-refractivity contribution in [3.05, 3.63) is 29.6 Å². The molecule has 4 nitrogen and oxygen atoms in total. The van der Waals surface area contributed by atoms with Crippen molar-refractivity contribution in [1.29, 1.82) is 0 Å². The summed E-state index contributed by atoms with van der Waals surface area (Å²) in [5.41, 5.74) is 0.515. The van der Waals surface area contributed by atoms with Gasteiger partial charge in [-0.05, 0) is 25.2 Å². The molecule has 0 aliphatic rings. The van der Waals surface area contributed by atoms with Crippen LogP contribution in [0.15, 0.2) is 18.2 Å². The second-order valence-electron chi connectivity index (χ2n) is 4.49. The molecule has 1 amide bonds. The fraction of sp³-hybridized carbons (Fsp3) is 0.462. The van der Waals surface area contributed by atoms with Gasteiger partial charge >= 0.3 is 0 Å². The van der Waals surface area contributed by atoms with E-state index in [1.807, 2.05) is 18.9 Å². The van der Waals surface area contributed by atoms with Crippen LogP contribution in [0.2, 0.25) is 0 Å². The molecule has 0 aliphatic carbocycles. The zero-order chi connectivity index (χ0) is 13.7.